The summed E-state index contributed by atoms with van der Waals surface area (Å²) < 4.78 is 0.967. The smallest absolute Gasteiger partial charge is 0.306 e. The molecule has 1 aromatic heterocycles. The molecule has 1 aliphatic rings. The molecule has 5 heteroatoms. The zero-order valence-corrected chi connectivity index (χ0v) is 11.9. The fraction of sp³-hybridized carbons (Fsp3) is 0.538. The molecule has 1 heterocycles. The molecule has 0 aliphatic heterocycles. The van der Waals surface area contributed by atoms with E-state index in [4.69, 9.17) is 5.11 Å². The second-order valence-corrected chi connectivity index (χ2v) is 5.70. The van der Waals surface area contributed by atoms with Gasteiger partial charge in [-0.15, -0.1) is 0 Å². The zero-order valence-electron chi connectivity index (χ0n) is 10.3. The molecule has 0 amide bonds. The van der Waals surface area contributed by atoms with Crippen molar-refractivity contribution in [1.29, 1.82) is 0 Å². The molecule has 18 heavy (non-hydrogen) atoms. The van der Waals surface area contributed by atoms with E-state index in [1.807, 2.05) is 19.2 Å². The highest BCUT2D eigenvalue weighted by molar-refractivity contribution is 9.10. The summed E-state index contributed by atoms with van der Waals surface area (Å²) in [5.41, 5.74) is 0. The molecule has 1 saturated carbocycles. The number of aliphatic carboxylic acids is 1. The van der Waals surface area contributed by atoms with Crippen molar-refractivity contribution >= 4 is 27.7 Å². The number of halogens is 1. The first kappa shape index (κ1) is 13.3. The van der Waals surface area contributed by atoms with Crippen LogP contribution in [0.2, 0.25) is 0 Å². The number of carbonyl (C=O) groups is 1. The Morgan fingerprint density at radius 3 is 2.56 bits per heavy atom. The van der Waals surface area contributed by atoms with Gasteiger partial charge in [0.25, 0.3) is 0 Å². The molecule has 0 spiro atoms. The van der Waals surface area contributed by atoms with Crippen molar-refractivity contribution in [2.75, 3.05) is 11.9 Å². The summed E-state index contributed by atoms with van der Waals surface area (Å²) in [6, 6.07) is 4.35. The molecule has 0 saturated heterocycles. The molecule has 0 unspecified atom stereocenters. The number of pyridine rings is 1. The van der Waals surface area contributed by atoms with Gasteiger partial charge in [-0.2, -0.15) is 0 Å². The molecule has 1 aromatic rings. The Hall–Kier alpha value is -1.10. The molecule has 0 bridgehead atoms. The maximum atomic E-state index is 10.9. The Morgan fingerprint density at radius 2 is 2.06 bits per heavy atom. The lowest BCUT2D eigenvalue weighted by Gasteiger charge is -2.34. The van der Waals surface area contributed by atoms with Gasteiger partial charge in [0.15, 0.2) is 0 Å². The first-order valence-corrected chi connectivity index (χ1v) is 6.94. The Kier molecular flexibility index (Phi) is 4.22. The van der Waals surface area contributed by atoms with E-state index in [0.717, 1.165) is 36.0 Å². The number of hydrogen-bond acceptors (Lipinski definition) is 3. The summed E-state index contributed by atoms with van der Waals surface area (Å²) in [4.78, 5) is 17.4. The van der Waals surface area contributed by atoms with Crippen molar-refractivity contribution in [3.05, 3.63) is 22.8 Å². The van der Waals surface area contributed by atoms with Gasteiger partial charge in [0, 0.05) is 23.8 Å². The minimum Gasteiger partial charge on any atom is -0.481 e. The Labute approximate surface area is 115 Å². The van der Waals surface area contributed by atoms with E-state index in [9.17, 15) is 4.79 Å². The predicted octanol–water partition coefficient (Wildman–Crippen LogP) is 2.92. The lowest BCUT2D eigenvalue weighted by Crippen LogP contribution is -2.37. The fourth-order valence-corrected chi connectivity index (χ4v) is 2.71. The Bertz CT molecular complexity index is 414. The molecule has 2 rings (SSSR count). The van der Waals surface area contributed by atoms with Gasteiger partial charge < -0.3 is 10.0 Å². The standard InChI is InChI=1S/C13H17BrN2O2/c1-16(12-7-4-10(14)8-15-12)11-5-2-9(3-6-11)13(17)18/h4,7-9,11H,2-3,5-6H2,1H3,(H,17,18)/t9-,11-. The first-order valence-electron chi connectivity index (χ1n) is 6.15. The van der Waals surface area contributed by atoms with E-state index >= 15 is 0 Å². The summed E-state index contributed by atoms with van der Waals surface area (Å²) in [5.74, 6) is 0.127. The topological polar surface area (TPSA) is 53.4 Å². The monoisotopic (exact) mass is 312 g/mol. The van der Waals surface area contributed by atoms with Crippen LogP contribution in [0, 0.1) is 5.92 Å². The minimum atomic E-state index is -0.655. The molecule has 0 radical (unpaired) electrons. The van der Waals surface area contributed by atoms with Crippen LogP contribution in [-0.4, -0.2) is 29.1 Å². The van der Waals surface area contributed by atoms with Gasteiger partial charge in [-0.05, 0) is 53.7 Å². The average Bonchev–Trinajstić information content (AvgIpc) is 2.39. The summed E-state index contributed by atoms with van der Waals surface area (Å²) in [6.45, 7) is 0. The van der Waals surface area contributed by atoms with Crippen LogP contribution in [0.4, 0.5) is 5.82 Å². The van der Waals surface area contributed by atoms with E-state index in [1.165, 1.54) is 0 Å². The van der Waals surface area contributed by atoms with Crippen LogP contribution in [0.5, 0.6) is 0 Å². The van der Waals surface area contributed by atoms with Gasteiger partial charge in [0.2, 0.25) is 0 Å². The van der Waals surface area contributed by atoms with E-state index in [-0.39, 0.29) is 5.92 Å². The van der Waals surface area contributed by atoms with Gasteiger partial charge in [0.05, 0.1) is 5.92 Å². The quantitative estimate of drug-likeness (QED) is 0.932. The summed E-state index contributed by atoms with van der Waals surface area (Å²) in [7, 11) is 2.03. The Morgan fingerprint density at radius 1 is 1.39 bits per heavy atom. The molecule has 4 nitrogen and oxygen atoms in total. The second-order valence-electron chi connectivity index (χ2n) is 4.79. The third-order valence-electron chi connectivity index (χ3n) is 3.67. The highest BCUT2D eigenvalue weighted by atomic mass is 79.9. The first-order chi connectivity index (χ1) is 8.58. The second kappa shape index (κ2) is 5.69. The van der Waals surface area contributed by atoms with Crippen molar-refractivity contribution in [3.63, 3.8) is 0 Å². The number of anilines is 1. The molecule has 0 aromatic carbocycles. The molecule has 0 atom stereocenters. The molecule has 1 fully saturated rings. The lowest BCUT2D eigenvalue weighted by atomic mass is 9.85. The summed E-state index contributed by atoms with van der Waals surface area (Å²) in [6.07, 6.45) is 5.16. The average molecular weight is 313 g/mol. The van der Waals surface area contributed by atoms with Crippen molar-refractivity contribution in [3.8, 4) is 0 Å². The van der Waals surface area contributed by atoms with E-state index in [2.05, 4.69) is 25.8 Å². The van der Waals surface area contributed by atoms with Crippen LogP contribution in [0.1, 0.15) is 25.7 Å². The largest absolute Gasteiger partial charge is 0.481 e. The van der Waals surface area contributed by atoms with Gasteiger partial charge in [-0.3, -0.25) is 4.79 Å². The van der Waals surface area contributed by atoms with Crippen LogP contribution < -0.4 is 4.90 Å². The highest BCUT2D eigenvalue weighted by Crippen LogP contribution is 2.29. The number of carboxylic acids is 1. The van der Waals surface area contributed by atoms with E-state index in [1.54, 1.807) is 6.20 Å². The van der Waals surface area contributed by atoms with Crippen molar-refractivity contribution in [2.24, 2.45) is 5.92 Å². The van der Waals surface area contributed by atoms with Gasteiger partial charge >= 0.3 is 5.97 Å². The molecule has 1 aliphatic carbocycles. The third-order valence-corrected chi connectivity index (χ3v) is 4.14. The minimum absolute atomic E-state index is 0.160. The van der Waals surface area contributed by atoms with Gasteiger partial charge in [-0.25, -0.2) is 4.98 Å². The number of carboxylic acid groups (broad SMARTS) is 1. The molecule has 1 N–H and O–H groups in total. The predicted molar refractivity (Wildman–Crippen MR) is 73.7 cm³/mol. The van der Waals surface area contributed by atoms with Crippen LogP contribution in [0.25, 0.3) is 0 Å². The molecular weight excluding hydrogens is 296 g/mol. The van der Waals surface area contributed by atoms with E-state index < -0.39 is 5.97 Å². The van der Waals surface area contributed by atoms with Crippen molar-refractivity contribution < 1.29 is 9.90 Å². The van der Waals surface area contributed by atoms with Crippen LogP contribution in [0.3, 0.4) is 0 Å². The summed E-state index contributed by atoms with van der Waals surface area (Å²) >= 11 is 3.37. The third kappa shape index (κ3) is 3.02. The molecular formula is C13H17BrN2O2. The normalized spacial score (nSPS) is 23.7. The van der Waals surface area contributed by atoms with Crippen molar-refractivity contribution in [1.82, 2.24) is 4.98 Å². The zero-order chi connectivity index (χ0) is 13.1. The SMILES string of the molecule is CN(c1ccc(Br)cn1)[C@H]1CC[C@H](C(=O)O)CC1. The lowest BCUT2D eigenvalue weighted by molar-refractivity contribution is -0.142. The maximum Gasteiger partial charge on any atom is 0.306 e. The van der Waals surface area contributed by atoms with E-state index in [0.29, 0.717) is 6.04 Å². The fourth-order valence-electron chi connectivity index (χ4n) is 2.47. The van der Waals surface area contributed by atoms with Gasteiger partial charge in [-0.1, -0.05) is 0 Å². The van der Waals surface area contributed by atoms with Crippen molar-refractivity contribution in [2.45, 2.75) is 31.7 Å². The van der Waals surface area contributed by atoms with Gasteiger partial charge in [0.1, 0.15) is 5.82 Å². The Balaban J connectivity index is 1.97. The number of hydrogen-bond donors (Lipinski definition) is 1. The van der Waals surface area contributed by atoms with Crippen LogP contribution in [0.15, 0.2) is 22.8 Å². The number of nitrogens with zero attached hydrogens (tertiary/aromatic N) is 2. The maximum absolute atomic E-state index is 10.9. The van der Waals surface area contributed by atoms with Crippen LogP contribution >= 0.6 is 15.9 Å². The van der Waals surface area contributed by atoms with Crippen LogP contribution in [-0.2, 0) is 4.79 Å². The highest BCUT2D eigenvalue weighted by Gasteiger charge is 2.28. The summed E-state index contributed by atoms with van der Waals surface area (Å²) in [5, 5.41) is 8.98. The molecule has 98 valence electrons. The number of rotatable bonds is 3. The number of aromatic nitrogens is 1.